The number of hydrogen-bond donors (Lipinski definition) is 1. The largest absolute Gasteiger partial charge is 0.384 e. The molecule has 0 unspecified atom stereocenters. The van der Waals surface area contributed by atoms with E-state index in [-0.39, 0.29) is 59.8 Å². The molecule has 12 nitrogen and oxygen atoms in total. The van der Waals surface area contributed by atoms with E-state index < -0.39 is 28.7 Å². The maximum atomic E-state index is 13.7. The highest BCUT2D eigenvalue weighted by Crippen LogP contribution is 2.45. The molecule has 43 heavy (non-hydrogen) atoms. The van der Waals surface area contributed by atoms with Crippen LogP contribution in [0.25, 0.3) is 0 Å². The molecular weight excluding hydrogens is 560 g/mol. The molecule has 0 aliphatic carbocycles. The second-order valence-corrected chi connectivity index (χ2v) is 10.5. The van der Waals surface area contributed by atoms with E-state index in [4.69, 9.17) is 33.2 Å². The van der Waals surface area contributed by atoms with Gasteiger partial charge in [0.1, 0.15) is 37.7 Å². The normalized spacial score (nSPS) is 21.8. The minimum atomic E-state index is -1.68. The lowest BCUT2D eigenvalue weighted by Crippen LogP contribution is -2.59. The Bertz CT molecular complexity index is 1400. The number of rotatable bonds is 17. The molecule has 1 N–H and O–H groups in total. The lowest BCUT2D eigenvalue weighted by molar-refractivity contribution is -0.230. The molecule has 0 radical (unpaired) electrons. The minimum Gasteiger partial charge on any atom is -0.384 e. The molecule has 1 aromatic heterocycles. The number of benzene rings is 2. The van der Waals surface area contributed by atoms with Gasteiger partial charge in [-0.05, 0) is 18.1 Å². The van der Waals surface area contributed by atoms with E-state index in [1.54, 1.807) is 6.92 Å². The number of aromatic nitrogens is 2. The van der Waals surface area contributed by atoms with Crippen molar-refractivity contribution >= 4 is 0 Å². The Kier molecular flexibility index (Phi) is 11.8. The van der Waals surface area contributed by atoms with Crippen LogP contribution in [0.5, 0.6) is 0 Å². The van der Waals surface area contributed by atoms with Gasteiger partial charge in [-0.1, -0.05) is 60.7 Å². The van der Waals surface area contributed by atoms with Crippen molar-refractivity contribution < 1.29 is 38.3 Å². The Hall–Kier alpha value is -3.20. The number of aliphatic hydroxyl groups is 1. The van der Waals surface area contributed by atoms with Crippen molar-refractivity contribution in [2.75, 3.05) is 47.6 Å². The molecule has 0 amide bonds. The molecule has 234 valence electrons. The molecule has 0 spiro atoms. The molecule has 3 aromatic rings. The van der Waals surface area contributed by atoms with Gasteiger partial charge in [-0.3, -0.25) is 9.36 Å². The Labute approximate surface area is 250 Å². The van der Waals surface area contributed by atoms with E-state index in [1.807, 2.05) is 60.7 Å². The predicted molar refractivity (Wildman–Crippen MR) is 155 cm³/mol. The number of hydrogen-bond acceptors (Lipinski definition) is 10. The summed E-state index contributed by atoms with van der Waals surface area (Å²) >= 11 is 0. The molecule has 4 rings (SSSR count). The van der Waals surface area contributed by atoms with Crippen LogP contribution >= 0.6 is 0 Å². The van der Waals surface area contributed by atoms with Gasteiger partial charge < -0.3 is 38.3 Å². The predicted octanol–water partition coefficient (Wildman–Crippen LogP) is 2.34. The van der Waals surface area contributed by atoms with E-state index in [0.717, 1.165) is 15.7 Å². The third-order valence-electron chi connectivity index (χ3n) is 7.26. The minimum absolute atomic E-state index is 0.0633. The highest BCUT2D eigenvalue weighted by Gasteiger charge is 2.60. The molecule has 2 heterocycles. The van der Waals surface area contributed by atoms with E-state index in [1.165, 1.54) is 25.0 Å². The fourth-order valence-electron chi connectivity index (χ4n) is 5.01. The molecule has 1 aliphatic rings. The topological polar surface area (TPSA) is 129 Å². The number of nitrogens with zero attached hydrogens (tertiary/aromatic N) is 2. The van der Waals surface area contributed by atoms with Crippen LogP contribution in [0.3, 0.4) is 0 Å². The van der Waals surface area contributed by atoms with Crippen LogP contribution in [0.4, 0.5) is 0 Å². The average molecular weight is 601 g/mol. The van der Waals surface area contributed by atoms with Crippen molar-refractivity contribution in [1.29, 1.82) is 0 Å². The number of ether oxygens (including phenoxy) is 7. The first-order valence-corrected chi connectivity index (χ1v) is 13.9. The van der Waals surface area contributed by atoms with Crippen molar-refractivity contribution in [3.8, 4) is 0 Å². The van der Waals surface area contributed by atoms with Gasteiger partial charge in [0.05, 0.1) is 33.0 Å². The van der Waals surface area contributed by atoms with Gasteiger partial charge in [0.25, 0.3) is 5.56 Å². The maximum absolute atomic E-state index is 13.7. The first kappa shape index (κ1) is 32.7. The van der Waals surface area contributed by atoms with E-state index >= 15 is 0 Å². The van der Waals surface area contributed by atoms with E-state index in [9.17, 15) is 14.7 Å². The van der Waals surface area contributed by atoms with Crippen molar-refractivity contribution in [3.05, 3.63) is 104 Å². The van der Waals surface area contributed by atoms with E-state index in [0.29, 0.717) is 5.56 Å². The molecule has 0 saturated carbocycles. The van der Waals surface area contributed by atoms with Crippen LogP contribution in [-0.4, -0.2) is 73.1 Å². The fourth-order valence-corrected chi connectivity index (χ4v) is 5.01. The van der Waals surface area contributed by atoms with Gasteiger partial charge in [-0.15, -0.1) is 0 Å². The fraction of sp³-hybridized carbons (Fsp3) is 0.484. The molecular formula is C31H40N2O10. The summed E-state index contributed by atoms with van der Waals surface area (Å²) in [5.74, 6) is 0. The summed E-state index contributed by atoms with van der Waals surface area (Å²) in [5, 5.41) is 12.1. The summed E-state index contributed by atoms with van der Waals surface area (Å²) in [6.07, 6.45) is 0.371. The Morgan fingerprint density at radius 1 is 0.837 bits per heavy atom. The van der Waals surface area contributed by atoms with Crippen molar-refractivity contribution in [3.63, 3.8) is 0 Å². The first-order chi connectivity index (χ1) is 20.8. The van der Waals surface area contributed by atoms with Crippen LogP contribution in [0.15, 0.2) is 76.4 Å². The lowest BCUT2D eigenvalue weighted by atomic mass is 9.83. The summed E-state index contributed by atoms with van der Waals surface area (Å²) in [6.45, 7) is 1.25. The second-order valence-electron chi connectivity index (χ2n) is 10.5. The summed E-state index contributed by atoms with van der Waals surface area (Å²) in [7, 11) is 2.96. The van der Waals surface area contributed by atoms with Gasteiger partial charge >= 0.3 is 5.69 Å². The van der Waals surface area contributed by atoms with Gasteiger partial charge in [-0.2, -0.15) is 0 Å². The monoisotopic (exact) mass is 600 g/mol. The first-order valence-electron chi connectivity index (χ1n) is 13.9. The molecule has 3 atom stereocenters. The molecule has 0 bridgehead atoms. The highest BCUT2D eigenvalue weighted by molar-refractivity contribution is 5.15. The van der Waals surface area contributed by atoms with Crippen LogP contribution in [-0.2, 0) is 53.1 Å². The molecule has 2 aromatic carbocycles. The Morgan fingerprint density at radius 2 is 1.40 bits per heavy atom. The van der Waals surface area contributed by atoms with E-state index in [2.05, 4.69) is 0 Å². The molecule has 12 heteroatoms. The Morgan fingerprint density at radius 3 is 2.00 bits per heavy atom. The van der Waals surface area contributed by atoms with Gasteiger partial charge in [0.2, 0.25) is 0 Å². The third-order valence-corrected chi connectivity index (χ3v) is 7.26. The zero-order valence-corrected chi connectivity index (χ0v) is 24.8. The summed E-state index contributed by atoms with van der Waals surface area (Å²) in [4.78, 5) is 26.6. The summed E-state index contributed by atoms with van der Waals surface area (Å²) in [5.41, 5.74) is -2.15. The van der Waals surface area contributed by atoms with Crippen LogP contribution in [0, 0.1) is 6.92 Å². The van der Waals surface area contributed by atoms with Crippen LogP contribution in [0.2, 0.25) is 0 Å². The average Bonchev–Trinajstić information content (AvgIpc) is 3.29. The smallest absolute Gasteiger partial charge is 0.335 e. The van der Waals surface area contributed by atoms with Crippen molar-refractivity contribution in [2.45, 2.75) is 50.7 Å². The summed E-state index contributed by atoms with van der Waals surface area (Å²) in [6, 6.07) is 19.0. The van der Waals surface area contributed by atoms with Crippen molar-refractivity contribution in [1.82, 2.24) is 9.13 Å². The van der Waals surface area contributed by atoms with Crippen molar-refractivity contribution in [2.24, 2.45) is 0 Å². The molecule has 1 fully saturated rings. The van der Waals surface area contributed by atoms with Crippen LogP contribution < -0.4 is 11.2 Å². The number of methoxy groups -OCH3 is 2. The van der Waals surface area contributed by atoms with Gasteiger partial charge in [0.15, 0.2) is 0 Å². The Balaban J connectivity index is 1.63. The zero-order valence-electron chi connectivity index (χ0n) is 24.8. The highest BCUT2D eigenvalue weighted by atomic mass is 16.7. The van der Waals surface area contributed by atoms with Gasteiger partial charge in [0, 0.05) is 32.4 Å². The molecule has 1 saturated heterocycles. The van der Waals surface area contributed by atoms with Gasteiger partial charge in [-0.25, -0.2) is 9.36 Å². The third kappa shape index (κ3) is 8.05. The number of aryl methyl sites for hydroxylation is 1. The van der Waals surface area contributed by atoms with Crippen LogP contribution in [0.1, 0.15) is 29.3 Å². The summed E-state index contributed by atoms with van der Waals surface area (Å²) < 4.78 is 42.0. The standard InChI is InChI=1S/C31H40N2O10/c1-24-15-32(29(35)33(28(24)34)21-40-17-26-12-8-5-9-13-26)27-14-30(36,18-41-22-37-2)31(43-27,20-42-23-38-3)19-39-16-25-10-6-4-7-11-25/h4-13,15,27,36H,14,16-23H2,1-3H3/t27-,30-,31+/m1/s1. The second kappa shape index (κ2) is 15.5. The quantitative estimate of drug-likeness (QED) is 0.182. The zero-order chi connectivity index (χ0) is 30.7. The molecule has 1 aliphatic heterocycles. The lowest BCUT2D eigenvalue weighted by Gasteiger charge is -2.39. The maximum Gasteiger partial charge on any atom is 0.335 e. The SMILES string of the molecule is COCOC[C@]1(O)C[C@H](n2cc(C)c(=O)n(COCc3ccccc3)c2=O)O[C@]1(COCOC)COCc1ccccc1.